The second kappa shape index (κ2) is 3.31. The molecule has 0 N–H and O–H groups in total. The van der Waals surface area contributed by atoms with Crippen LogP contribution in [0.2, 0.25) is 0 Å². The van der Waals surface area contributed by atoms with Crippen molar-refractivity contribution in [2.75, 3.05) is 0 Å². The molecule has 14 heavy (non-hydrogen) atoms. The molecule has 0 spiro atoms. The first kappa shape index (κ1) is 9.59. The van der Waals surface area contributed by atoms with Crippen molar-refractivity contribution in [3.8, 4) is 0 Å². The molecule has 1 aliphatic rings. The van der Waals surface area contributed by atoms with Crippen molar-refractivity contribution in [2.45, 2.75) is 24.7 Å². The maximum Gasteiger partial charge on any atom is 0.149 e. The van der Waals surface area contributed by atoms with Gasteiger partial charge < -0.3 is 4.84 Å². The summed E-state index contributed by atoms with van der Waals surface area (Å²) in [5.74, 6) is 0. The number of hydrogen-bond acceptors (Lipinski definition) is 3. The predicted molar refractivity (Wildman–Crippen MR) is 60.9 cm³/mol. The van der Waals surface area contributed by atoms with Gasteiger partial charge in [-0.25, -0.2) is 0 Å². The summed E-state index contributed by atoms with van der Waals surface area (Å²) in [6.45, 7) is 3.98. The molecule has 1 heterocycles. The van der Waals surface area contributed by atoms with E-state index in [1.807, 2.05) is 44.2 Å². The number of benzene rings is 1. The van der Waals surface area contributed by atoms with E-state index in [2.05, 4.69) is 17.8 Å². The summed E-state index contributed by atoms with van der Waals surface area (Å²) in [7, 11) is 0. The van der Waals surface area contributed by atoms with E-state index in [9.17, 15) is 0 Å². The van der Waals surface area contributed by atoms with Crippen LogP contribution in [0.15, 0.2) is 35.5 Å². The average molecular weight is 207 g/mol. The maximum atomic E-state index is 5.33. The lowest BCUT2D eigenvalue weighted by molar-refractivity contribution is 0.0157. The molecule has 74 valence electrons. The van der Waals surface area contributed by atoms with Crippen molar-refractivity contribution in [3.63, 3.8) is 0 Å². The molecule has 2 nitrogen and oxygen atoms in total. The number of oxime groups is 1. The topological polar surface area (TPSA) is 21.6 Å². The van der Waals surface area contributed by atoms with E-state index in [0.717, 1.165) is 11.3 Å². The zero-order valence-electron chi connectivity index (χ0n) is 8.27. The van der Waals surface area contributed by atoms with E-state index in [-0.39, 0.29) is 10.9 Å². The van der Waals surface area contributed by atoms with Crippen LogP contribution >= 0.6 is 12.6 Å². The molecular formula is C11H13NOS. The highest BCUT2D eigenvalue weighted by molar-refractivity contribution is 7.82. The van der Waals surface area contributed by atoms with Crippen LogP contribution in [-0.4, -0.2) is 16.6 Å². The lowest BCUT2D eigenvalue weighted by atomic mass is 9.97. The Morgan fingerprint density at radius 1 is 1.29 bits per heavy atom. The Morgan fingerprint density at radius 3 is 2.43 bits per heavy atom. The van der Waals surface area contributed by atoms with Gasteiger partial charge in [0.15, 0.2) is 0 Å². The lowest BCUT2D eigenvalue weighted by Gasteiger charge is -2.20. The van der Waals surface area contributed by atoms with E-state index in [0.29, 0.717) is 0 Å². The molecule has 1 unspecified atom stereocenters. The van der Waals surface area contributed by atoms with Gasteiger partial charge in [0.05, 0.1) is 5.25 Å². The summed E-state index contributed by atoms with van der Waals surface area (Å²) >= 11 is 4.52. The van der Waals surface area contributed by atoms with Gasteiger partial charge in [-0.05, 0) is 13.8 Å². The first-order valence-electron chi connectivity index (χ1n) is 4.61. The van der Waals surface area contributed by atoms with Crippen LogP contribution in [0.3, 0.4) is 0 Å². The Balaban J connectivity index is 2.31. The number of nitrogens with zero attached hydrogens (tertiary/aromatic N) is 1. The average Bonchev–Trinajstić information content (AvgIpc) is 2.44. The first-order valence-corrected chi connectivity index (χ1v) is 5.12. The molecule has 0 radical (unpaired) electrons. The molecule has 0 saturated carbocycles. The summed E-state index contributed by atoms with van der Waals surface area (Å²) < 4.78 is 0. The molecule has 1 atom stereocenters. The fraction of sp³-hybridized carbons (Fsp3) is 0.364. The molecule has 0 saturated heterocycles. The normalized spacial score (nSPS) is 24.2. The van der Waals surface area contributed by atoms with Gasteiger partial charge in [0, 0.05) is 5.56 Å². The van der Waals surface area contributed by atoms with Gasteiger partial charge in [0.2, 0.25) is 0 Å². The molecule has 3 heteroatoms. The highest BCUT2D eigenvalue weighted by Crippen LogP contribution is 2.30. The standard InChI is InChI=1S/C11H13NOS/c1-11(2)10(14)9(12-13-11)8-6-4-3-5-7-8/h3-7,10,14H,1-2H3. The van der Waals surface area contributed by atoms with E-state index in [1.54, 1.807) is 0 Å². The smallest absolute Gasteiger partial charge is 0.149 e. The quantitative estimate of drug-likeness (QED) is 0.702. The number of thiol groups is 1. The monoisotopic (exact) mass is 207 g/mol. The maximum absolute atomic E-state index is 5.33. The third-order valence-corrected chi connectivity index (χ3v) is 3.23. The fourth-order valence-electron chi connectivity index (χ4n) is 1.42. The third-order valence-electron chi connectivity index (χ3n) is 2.37. The molecule has 0 bridgehead atoms. The zero-order valence-corrected chi connectivity index (χ0v) is 9.16. The minimum absolute atomic E-state index is 0.0323. The minimum atomic E-state index is -0.311. The fourth-order valence-corrected chi connectivity index (χ4v) is 1.66. The van der Waals surface area contributed by atoms with Gasteiger partial charge in [0.1, 0.15) is 11.3 Å². The van der Waals surface area contributed by atoms with Gasteiger partial charge >= 0.3 is 0 Å². The van der Waals surface area contributed by atoms with Crippen LogP contribution in [0.5, 0.6) is 0 Å². The Morgan fingerprint density at radius 2 is 1.93 bits per heavy atom. The predicted octanol–water partition coefficient (Wildman–Crippen LogP) is 2.50. The molecular weight excluding hydrogens is 194 g/mol. The highest BCUT2D eigenvalue weighted by Gasteiger charge is 2.39. The summed E-state index contributed by atoms with van der Waals surface area (Å²) in [6.07, 6.45) is 0. The van der Waals surface area contributed by atoms with Crippen LogP contribution in [0.1, 0.15) is 19.4 Å². The molecule has 1 aromatic carbocycles. The second-order valence-electron chi connectivity index (χ2n) is 3.94. The van der Waals surface area contributed by atoms with Gasteiger partial charge in [-0.3, -0.25) is 0 Å². The third kappa shape index (κ3) is 1.52. The van der Waals surface area contributed by atoms with Crippen LogP contribution in [0.4, 0.5) is 0 Å². The molecule has 2 rings (SSSR count). The van der Waals surface area contributed by atoms with E-state index in [4.69, 9.17) is 4.84 Å². The van der Waals surface area contributed by atoms with Crippen molar-refractivity contribution in [3.05, 3.63) is 35.9 Å². The summed E-state index contributed by atoms with van der Waals surface area (Å²) in [6, 6.07) is 10.0. The minimum Gasteiger partial charge on any atom is -0.388 e. The van der Waals surface area contributed by atoms with Gasteiger partial charge in [-0.1, -0.05) is 35.5 Å². The SMILES string of the molecule is CC1(C)ON=C(c2ccccc2)C1S. The van der Waals surface area contributed by atoms with E-state index >= 15 is 0 Å². The molecule has 1 aliphatic heterocycles. The van der Waals surface area contributed by atoms with Crippen LogP contribution in [0.25, 0.3) is 0 Å². The summed E-state index contributed by atoms with van der Waals surface area (Å²) in [5, 5.41) is 4.11. The summed E-state index contributed by atoms with van der Waals surface area (Å²) in [4.78, 5) is 5.33. The molecule has 0 aliphatic carbocycles. The van der Waals surface area contributed by atoms with Crippen molar-refractivity contribution in [2.24, 2.45) is 5.16 Å². The number of hydrogen-bond donors (Lipinski definition) is 1. The second-order valence-corrected chi connectivity index (χ2v) is 4.46. The Labute approximate surface area is 89.4 Å². The van der Waals surface area contributed by atoms with Crippen molar-refractivity contribution < 1.29 is 4.84 Å². The Bertz CT molecular complexity index is 359. The molecule has 1 aromatic rings. The van der Waals surface area contributed by atoms with Gasteiger partial charge in [0.25, 0.3) is 0 Å². The van der Waals surface area contributed by atoms with Crippen LogP contribution in [-0.2, 0) is 4.84 Å². The van der Waals surface area contributed by atoms with Gasteiger partial charge in [-0.15, -0.1) is 0 Å². The zero-order chi connectivity index (χ0) is 10.2. The molecule has 0 fully saturated rings. The van der Waals surface area contributed by atoms with E-state index < -0.39 is 0 Å². The number of rotatable bonds is 1. The van der Waals surface area contributed by atoms with Crippen molar-refractivity contribution >= 4 is 18.3 Å². The lowest BCUT2D eigenvalue weighted by Crippen LogP contribution is -2.33. The largest absolute Gasteiger partial charge is 0.388 e. The van der Waals surface area contributed by atoms with Crippen molar-refractivity contribution in [1.29, 1.82) is 0 Å². The molecule has 0 amide bonds. The first-order chi connectivity index (χ1) is 6.61. The van der Waals surface area contributed by atoms with Crippen molar-refractivity contribution in [1.82, 2.24) is 0 Å². The van der Waals surface area contributed by atoms with Crippen LogP contribution < -0.4 is 0 Å². The van der Waals surface area contributed by atoms with E-state index in [1.165, 1.54) is 0 Å². The highest BCUT2D eigenvalue weighted by atomic mass is 32.1. The summed E-state index contributed by atoms with van der Waals surface area (Å²) in [5.41, 5.74) is 1.69. The Hall–Kier alpha value is -0.960. The van der Waals surface area contributed by atoms with Crippen LogP contribution in [0, 0.1) is 0 Å². The van der Waals surface area contributed by atoms with Gasteiger partial charge in [-0.2, -0.15) is 12.6 Å². The Kier molecular flexibility index (Phi) is 2.27. The molecule has 0 aromatic heterocycles.